The van der Waals surface area contributed by atoms with Crippen molar-refractivity contribution in [2.24, 2.45) is 5.92 Å². The van der Waals surface area contributed by atoms with E-state index in [2.05, 4.69) is 57.1 Å². The summed E-state index contributed by atoms with van der Waals surface area (Å²) in [5, 5.41) is 9.52. The zero-order valence-electron chi connectivity index (χ0n) is 12.2. The van der Waals surface area contributed by atoms with Gasteiger partial charge in [0.25, 0.3) is 0 Å². The molecular formula is C16H27NO. The smallest absolute Gasteiger partial charge is 0.0477 e. The Bertz CT molecular complexity index is 327. The van der Waals surface area contributed by atoms with Crippen LogP contribution in [0.15, 0.2) is 24.3 Å². The fourth-order valence-corrected chi connectivity index (χ4v) is 2.61. The molecule has 0 saturated heterocycles. The highest BCUT2D eigenvalue weighted by Gasteiger charge is 2.23. The lowest BCUT2D eigenvalue weighted by atomic mass is 9.90. The second-order valence-corrected chi connectivity index (χ2v) is 5.25. The molecule has 0 amide bonds. The first-order valence-corrected chi connectivity index (χ1v) is 7.00. The maximum Gasteiger partial charge on any atom is 0.0477 e. The molecule has 0 aromatic heterocycles. The van der Waals surface area contributed by atoms with Crippen LogP contribution in [0.2, 0.25) is 0 Å². The number of rotatable bonds is 7. The fourth-order valence-electron chi connectivity index (χ4n) is 2.61. The van der Waals surface area contributed by atoms with Crippen LogP contribution in [0, 0.1) is 5.92 Å². The van der Waals surface area contributed by atoms with Crippen LogP contribution >= 0.6 is 0 Å². The molecule has 0 heterocycles. The third-order valence-corrected chi connectivity index (χ3v) is 3.62. The van der Waals surface area contributed by atoms with Crippen LogP contribution < -0.4 is 0 Å². The number of aliphatic hydroxyl groups is 1. The van der Waals surface area contributed by atoms with E-state index >= 15 is 0 Å². The van der Waals surface area contributed by atoms with Gasteiger partial charge in [-0.1, -0.05) is 44.5 Å². The zero-order chi connectivity index (χ0) is 13.5. The molecule has 1 N–H and O–H groups in total. The SMILES string of the molecule is CCCc1ccc(C(C(CC)CO)N(C)C)cc1. The molecule has 1 aromatic rings. The van der Waals surface area contributed by atoms with E-state index in [1.807, 2.05) is 0 Å². The lowest BCUT2D eigenvalue weighted by molar-refractivity contribution is 0.130. The molecule has 2 nitrogen and oxygen atoms in total. The second-order valence-electron chi connectivity index (χ2n) is 5.25. The second kappa shape index (κ2) is 7.55. The molecule has 2 heteroatoms. The largest absolute Gasteiger partial charge is 0.396 e. The van der Waals surface area contributed by atoms with Crippen LogP contribution in [0.5, 0.6) is 0 Å². The van der Waals surface area contributed by atoms with Crippen molar-refractivity contribution >= 4 is 0 Å². The minimum Gasteiger partial charge on any atom is -0.396 e. The predicted molar refractivity (Wildman–Crippen MR) is 77.7 cm³/mol. The third-order valence-electron chi connectivity index (χ3n) is 3.62. The van der Waals surface area contributed by atoms with Crippen molar-refractivity contribution in [3.8, 4) is 0 Å². The normalized spacial score (nSPS) is 14.8. The Balaban J connectivity index is 2.92. The summed E-state index contributed by atoms with van der Waals surface area (Å²) in [7, 11) is 4.17. The summed E-state index contributed by atoms with van der Waals surface area (Å²) in [5.41, 5.74) is 2.71. The highest BCUT2D eigenvalue weighted by atomic mass is 16.3. The quantitative estimate of drug-likeness (QED) is 0.802. The topological polar surface area (TPSA) is 23.5 Å². The van der Waals surface area contributed by atoms with E-state index in [-0.39, 0.29) is 6.61 Å². The fraction of sp³-hybridized carbons (Fsp3) is 0.625. The molecule has 0 aliphatic rings. The van der Waals surface area contributed by atoms with E-state index in [9.17, 15) is 5.11 Å². The minimum absolute atomic E-state index is 0.246. The molecular weight excluding hydrogens is 222 g/mol. The maximum absolute atomic E-state index is 9.52. The lowest BCUT2D eigenvalue weighted by Gasteiger charge is -2.31. The molecule has 102 valence electrons. The number of hydrogen-bond acceptors (Lipinski definition) is 2. The number of benzene rings is 1. The monoisotopic (exact) mass is 249 g/mol. The van der Waals surface area contributed by atoms with Gasteiger partial charge in [-0.25, -0.2) is 0 Å². The van der Waals surface area contributed by atoms with Crippen molar-refractivity contribution in [1.29, 1.82) is 0 Å². The van der Waals surface area contributed by atoms with Crippen LogP contribution in [0.1, 0.15) is 43.9 Å². The van der Waals surface area contributed by atoms with Gasteiger partial charge in [-0.2, -0.15) is 0 Å². The van der Waals surface area contributed by atoms with Gasteiger partial charge in [0.05, 0.1) is 0 Å². The van der Waals surface area contributed by atoms with Gasteiger partial charge < -0.3 is 10.0 Å². The molecule has 0 spiro atoms. The van der Waals surface area contributed by atoms with E-state index in [0.29, 0.717) is 12.0 Å². The summed E-state index contributed by atoms with van der Waals surface area (Å²) in [6.45, 7) is 4.59. The van der Waals surface area contributed by atoms with Crippen molar-refractivity contribution in [2.75, 3.05) is 20.7 Å². The van der Waals surface area contributed by atoms with E-state index in [1.54, 1.807) is 0 Å². The first kappa shape index (κ1) is 15.2. The number of aliphatic hydroxyl groups excluding tert-OH is 1. The Labute approximate surface area is 112 Å². The van der Waals surface area contributed by atoms with Crippen LogP contribution in [0.3, 0.4) is 0 Å². The van der Waals surface area contributed by atoms with Gasteiger partial charge in [-0.3, -0.25) is 0 Å². The molecule has 2 atom stereocenters. The van der Waals surface area contributed by atoms with Gasteiger partial charge in [-0.15, -0.1) is 0 Å². The van der Waals surface area contributed by atoms with E-state index in [0.717, 1.165) is 12.8 Å². The van der Waals surface area contributed by atoms with Crippen molar-refractivity contribution in [1.82, 2.24) is 4.90 Å². The van der Waals surface area contributed by atoms with Crippen LogP contribution in [0.25, 0.3) is 0 Å². The average Bonchev–Trinajstić information content (AvgIpc) is 2.37. The highest BCUT2D eigenvalue weighted by molar-refractivity contribution is 5.25. The Morgan fingerprint density at radius 1 is 1.11 bits per heavy atom. The molecule has 18 heavy (non-hydrogen) atoms. The summed E-state index contributed by atoms with van der Waals surface area (Å²) in [4.78, 5) is 2.21. The van der Waals surface area contributed by atoms with Gasteiger partial charge in [0.15, 0.2) is 0 Å². The Morgan fingerprint density at radius 3 is 2.11 bits per heavy atom. The van der Waals surface area contributed by atoms with E-state index in [1.165, 1.54) is 17.5 Å². The summed E-state index contributed by atoms with van der Waals surface area (Å²) in [6.07, 6.45) is 3.32. The van der Waals surface area contributed by atoms with E-state index in [4.69, 9.17) is 0 Å². The van der Waals surface area contributed by atoms with Gasteiger partial charge in [0.1, 0.15) is 0 Å². The Hall–Kier alpha value is -0.860. The molecule has 0 aliphatic heterocycles. The first-order valence-electron chi connectivity index (χ1n) is 7.00. The maximum atomic E-state index is 9.52. The van der Waals surface area contributed by atoms with Gasteiger partial charge in [0, 0.05) is 18.6 Å². The van der Waals surface area contributed by atoms with Gasteiger partial charge in [0.2, 0.25) is 0 Å². The molecule has 0 aliphatic carbocycles. The molecule has 0 saturated carbocycles. The molecule has 1 rings (SSSR count). The van der Waals surface area contributed by atoms with Crippen LogP contribution in [-0.4, -0.2) is 30.7 Å². The molecule has 2 unspecified atom stereocenters. The average molecular weight is 249 g/mol. The van der Waals surface area contributed by atoms with Crippen molar-refractivity contribution in [3.05, 3.63) is 35.4 Å². The zero-order valence-corrected chi connectivity index (χ0v) is 12.2. The Kier molecular flexibility index (Phi) is 6.37. The number of nitrogens with zero attached hydrogens (tertiary/aromatic N) is 1. The summed E-state index contributed by atoms with van der Waals surface area (Å²) in [6, 6.07) is 9.18. The van der Waals surface area contributed by atoms with Crippen LogP contribution in [0.4, 0.5) is 0 Å². The summed E-state index contributed by atoms with van der Waals surface area (Å²) >= 11 is 0. The minimum atomic E-state index is 0.246. The molecule has 0 bridgehead atoms. The standard InChI is InChI=1S/C16H27NO/c1-5-7-13-8-10-15(11-9-13)16(17(3)4)14(6-2)12-18/h8-11,14,16,18H,5-7,12H2,1-4H3. The van der Waals surface area contributed by atoms with Crippen molar-refractivity contribution < 1.29 is 5.11 Å². The molecule has 0 fully saturated rings. The van der Waals surface area contributed by atoms with Crippen molar-refractivity contribution in [3.63, 3.8) is 0 Å². The lowest BCUT2D eigenvalue weighted by Crippen LogP contribution is -2.29. The number of aryl methyl sites for hydroxylation is 1. The molecule has 1 aromatic carbocycles. The van der Waals surface area contributed by atoms with Crippen molar-refractivity contribution in [2.45, 2.75) is 39.2 Å². The highest BCUT2D eigenvalue weighted by Crippen LogP contribution is 2.29. The summed E-state index contributed by atoms with van der Waals surface area (Å²) in [5.74, 6) is 0.303. The Morgan fingerprint density at radius 2 is 1.72 bits per heavy atom. The van der Waals surface area contributed by atoms with Crippen LogP contribution in [-0.2, 0) is 6.42 Å². The first-order chi connectivity index (χ1) is 8.63. The number of hydrogen-bond donors (Lipinski definition) is 1. The van der Waals surface area contributed by atoms with Gasteiger partial charge >= 0.3 is 0 Å². The van der Waals surface area contributed by atoms with E-state index < -0.39 is 0 Å². The predicted octanol–water partition coefficient (Wildman–Crippen LogP) is 3.26. The molecule has 0 radical (unpaired) electrons. The third kappa shape index (κ3) is 3.82. The van der Waals surface area contributed by atoms with Gasteiger partial charge in [-0.05, 0) is 38.1 Å². The summed E-state index contributed by atoms with van der Waals surface area (Å²) < 4.78 is 0.